The Morgan fingerprint density at radius 3 is 2.65 bits per heavy atom. The van der Waals surface area contributed by atoms with Crippen molar-refractivity contribution in [2.45, 2.75) is 53.2 Å². The first kappa shape index (κ1) is 21.0. The summed E-state index contributed by atoms with van der Waals surface area (Å²) < 4.78 is 5.30. The summed E-state index contributed by atoms with van der Waals surface area (Å²) in [6, 6.07) is 1.94. The maximum atomic E-state index is 12.4. The molecule has 146 valence electrons. The molecule has 2 N–H and O–H groups in total. The number of hydrogen-bond donors (Lipinski definition) is 2. The van der Waals surface area contributed by atoms with E-state index >= 15 is 0 Å². The minimum absolute atomic E-state index is 0.0903. The molecule has 0 aromatic carbocycles. The van der Waals surface area contributed by atoms with Gasteiger partial charge in [-0.1, -0.05) is 27.7 Å². The third-order valence-electron chi connectivity index (χ3n) is 4.02. The third-order valence-corrected chi connectivity index (χ3v) is 5.35. The number of aliphatic hydroxyl groups is 1. The Bertz CT molecular complexity index is 754. The van der Waals surface area contributed by atoms with Gasteiger partial charge in [0.25, 0.3) is 5.56 Å². The standard InChI is InChI=1S/C19H31N3O3S/c1-6-25-11-14(23)9-22(8-12(2)3)10-17-20-18(24)15-7-16(13(4)5)26-19(15)21-17/h7,12-14,23H,6,8-11H2,1-5H3,(H,20,21,24)/t14-/m0/s1. The van der Waals surface area contributed by atoms with Crippen LogP contribution in [-0.2, 0) is 11.3 Å². The monoisotopic (exact) mass is 381 g/mol. The van der Waals surface area contributed by atoms with E-state index in [1.807, 2.05) is 13.0 Å². The van der Waals surface area contributed by atoms with Crippen LogP contribution < -0.4 is 5.56 Å². The van der Waals surface area contributed by atoms with Gasteiger partial charge in [0.05, 0.1) is 24.6 Å². The Morgan fingerprint density at radius 1 is 1.31 bits per heavy atom. The van der Waals surface area contributed by atoms with E-state index in [2.05, 4.69) is 42.6 Å². The Morgan fingerprint density at radius 2 is 2.04 bits per heavy atom. The van der Waals surface area contributed by atoms with Crippen LogP contribution in [0.15, 0.2) is 10.9 Å². The van der Waals surface area contributed by atoms with Crippen molar-refractivity contribution in [2.24, 2.45) is 5.92 Å². The fraction of sp³-hybridized carbons (Fsp3) is 0.684. The van der Waals surface area contributed by atoms with Crippen LogP contribution >= 0.6 is 11.3 Å². The summed E-state index contributed by atoms with van der Waals surface area (Å²) in [4.78, 5) is 24.1. The molecule has 0 aliphatic rings. The molecule has 2 aromatic heterocycles. The van der Waals surface area contributed by atoms with Gasteiger partial charge in [-0.3, -0.25) is 9.69 Å². The molecule has 2 aromatic rings. The van der Waals surface area contributed by atoms with Gasteiger partial charge in [-0.2, -0.15) is 0 Å². The average Bonchev–Trinajstić information content (AvgIpc) is 2.97. The number of fused-ring (bicyclic) bond motifs is 1. The lowest BCUT2D eigenvalue weighted by Crippen LogP contribution is -2.37. The summed E-state index contributed by atoms with van der Waals surface area (Å²) in [7, 11) is 0. The van der Waals surface area contributed by atoms with Crippen LogP contribution in [0.3, 0.4) is 0 Å². The minimum atomic E-state index is -0.557. The average molecular weight is 382 g/mol. The predicted molar refractivity (Wildman–Crippen MR) is 107 cm³/mol. The summed E-state index contributed by atoms with van der Waals surface area (Å²) in [6.07, 6.45) is -0.557. The van der Waals surface area contributed by atoms with Crippen molar-refractivity contribution < 1.29 is 9.84 Å². The van der Waals surface area contributed by atoms with Crippen molar-refractivity contribution in [2.75, 3.05) is 26.3 Å². The fourth-order valence-electron chi connectivity index (χ4n) is 2.89. The van der Waals surface area contributed by atoms with Crippen molar-refractivity contribution in [3.63, 3.8) is 0 Å². The van der Waals surface area contributed by atoms with E-state index in [0.717, 1.165) is 11.4 Å². The quantitative estimate of drug-likeness (QED) is 0.661. The molecule has 0 radical (unpaired) electrons. The van der Waals surface area contributed by atoms with Crippen LogP contribution in [0, 0.1) is 5.92 Å². The molecule has 0 saturated heterocycles. The largest absolute Gasteiger partial charge is 0.389 e. The summed E-state index contributed by atoms with van der Waals surface area (Å²) in [5.41, 5.74) is -0.0903. The van der Waals surface area contributed by atoms with Crippen molar-refractivity contribution in [3.8, 4) is 0 Å². The zero-order valence-corrected chi connectivity index (χ0v) is 17.2. The predicted octanol–water partition coefficient (Wildman–Crippen LogP) is 2.96. The highest BCUT2D eigenvalue weighted by atomic mass is 32.1. The number of aliphatic hydroxyl groups excluding tert-OH is 1. The molecule has 26 heavy (non-hydrogen) atoms. The molecule has 0 aliphatic heterocycles. The second kappa shape index (κ2) is 9.60. The van der Waals surface area contributed by atoms with E-state index in [1.54, 1.807) is 11.3 Å². The molecule has 1 atom stereocenters. The van der Waals surface area contributed by atoms with E-state index in [9.17, 15) is 9.90 Å². The normalized spacial score (nSPS) is 13.4. The fourth-order valence-corrected chi connectivity index (χ4v) is 3.94. The second-order valence-electron chi connectivity index (χ2n) is 7.44. The number of rotatable bonds is 10. The zero-order valence-electron chi connectivity index (χ0n) is 16.4. The molecule has 0 bridgehead atoms. The maximum absolute atomic E-state index is 12.4. The molecule has 0 saturated carbocycles. The number of aromatic nitrogens is 2. The second-order valence-corrected chi connectivity index (χ2v) is 8.50. The zero-order chi connectivity index (χ0) is 19.3. The van der Waals surface area contributed by atoms with E-state index in [4.69, 9.17) is 4.74 Å². The molecule has 6 nitrogen and oxygen atoms in total. The van der Waals surface area contributed by atoms with Crippen LogP contribution in [0.1, 0.15) is 51.2 Å². The number of hydrogen-bond acceptors (Lipinski definition) is 6. The van der Waals surface area contributed by atoms with E-state index in [-0.39, 0.29) is 5.56 Å². The lowest BCUT2D eigenvalue weighted by atomic mass is 10.2. The van der Waals surface area contributed by atoms with E-state index < -0.39 is 6.10 Å². The van der Waals surface area contributed by atoms with Crippen LogP contribution in [0.2, 0.25) is 0 Å². The highest BCUT2D eigenvalue weighted by Crippen LogP contribution is 2.27. The summed E-state index contributed by atoms with van der Waals surface area (Å²) in [5, 5.41) is 10.8. The first-order chi connectivity index (χ1) is 12.3. The number of thiophene rings is 1. The molecule has 0 amide bonds. The van der Waals surface area contributed by atoms with Crippen LogP contribution in [0.5, 0.6) is 0 Å². The Kier molecular flexibility index (Phi) is 7.76. The van der Waals surface area contributed by atoms with E-state index in [0.29, 0.717) is 49.3 Å². The summed E-state index contributed by atoms with van der Waals surface area (Å²) in [6.45, 7) is 13.1. The molecule has 2 heterocycles. The number of nitrogens with zero attached hydrogens (tertiary/aromatic N) is 2. The van der Waals surface area contributed by atoms with Gasteiger partial charge in [-0.05, 0) is 24.8 Å². The maximum Gasteiger partial charge on any atom is 0.259 e. The SMILES string of the molecule is CCOC[C@@H](O)CN(Cc1nc2sc(C(C)C)cc2c(=O)[nH]1)CC(C)C. The lowest BCUT2D eigenvalue weighted by Gasteiger charge is -2.26. The van der Waals surface area contributed by atoms with E-state index in [1.165, 1.54) is 4.88 Å². The Labute approximate surface area is 159 Å². The number of nitrogens with one attached hydrogen (secondary N) is 1. The van der Waals surface area contributed by atoms with Gasteiger partial charge in [0.1, 0.15) is 10.7 Å². The molecule has 0 fully saturated rings. The van der Waals surface area contributed by atoms with Crippen LogP contribution in [0.4, 0.5) is 0 Å². The van der Waals surface area contributed by atoms with Crippen molar-refractivity contribution >= 4 is 21.6 Å². The summed E-state index contributed by atoms with van der Waals surface area (Å²) >= 11 is 1.58. The molecule has 0 spiro atoms. The van der Waals surface area contributed by atoms with Crippen molar-refractivity contribution in [1.29, 1.82) is 0 Å². The van der Waals surface area contributed by atoms with Crippen LogP contribution in [-0.4, -0.2) is 52.4 Å². The minimum Gasteiger partial charge on any atom is -0.389 e. The third kappa shape index (κ3) is 5.87. The van der Waals surface area contributed by atoms with Crippen molar-refractivity contribution in [3.05, 3.63) is 27.1 Å². The van der Waals surface area contributed by atoms with Gasteiger partial charge in [0.2, 0.25) is 0 Å². The van der Waals surface area contributed by atoms with Gasteiger partial charge in [-0.15, -0.1) is 11.3 Å². The molecular formula is C19H31N3O3S. The lowest BCUT2D eigenvalue weighted by molar-refractivity contribution is 0.0170. The summed E-state index contributed by atoms with van der Waals surface area (Å²) in [5.74, 6) is 1.46. The number of H-pyrrole nitrogens is 1. The van der Waals surface area contributed by atoms with Gasteiger partial charge in [-0.25, -0.2) is 4.98 Å². The molecule has 0 unspecified atom stereocenters. The molecule has 0 aliphatic carbocycles. The van der Waals surface area contributed by atoms with Crippen LogP contribution in [0.25, 0.3) is 10.2 Å². The van der Waals surface area contributed by atoms with Gasteiger partial charge < -0.3 is 14.8 Å². The number of ether oxygens (including phenoxy) is 1. The Balaban J connectivity index is 2.19. The Hall–Kier alpha value is -1.28. The van der Waals surface area contributed by atoms with Gasteiger partial charge >= 0.3 is 0 Å². The highest BCUT2D eigenvalue weighted by Gasteiger charge is 2.17. The molecule has 7 heteroatoms. The van der Waals surface area contributed by atoms with Gasteiger partial charge in [0.15, 0.2) is 0 Å². The smallest absolute Gasteiger partial charge is 0.259 e. The highest BCUT2D eigenvalue weighted by molar-refractivity contribution is 7.18. The first-order valence-corrected chi connectivity index (χ1v) is 10.1. The topological polar surface area (TPSA) is 78.5 Å². The van der Waals surface area contributed by atoms with Gasteiger partial charge in [0, 0.05) is 24.6 Å². The first-order valence-electron chi connectivity index (χ1n) is 9.30. The molecular weight excluding hydrogens is 350 g/mol. The molecule has 2 rings (SSSR count). The van der Waals surface area contributed by atoms with Crippen molar-refractivity contribution in [1.82, 2.24) is 14.9 Å². The number of aromatic amines is 1.